The zero-order valence-corrected chi connectivity index (χ0v) is 11.4. The van der Waals surface area contributed by atoms with Gasteiger partial charge in [-0.05, 0) is 42.7 Å². The van der Waals surface area contributed by atoms with Crippen molar-refractivity contribution in [3.63, 3.8) is 0 Å². The van der Waals surface area contributed by atoms with Crippen LogP contribution in [-0.2, 0) is 16.4 Å². The fraction of sp³-hybridized carbons (Fsp3) is 0.571. The van der Waals surface area contributed by atoms with E-state index in [-0.39, 0.29) is 6.04 Å². The second-order valence-corrected chi connectivity index (χ2v) is 7.57. The molecule has 1 N–H and O–H groups in total. The van der Waals surface area contributed by atoms with Gasteiger partial charge in [0.05, 0.1) is 6.61 Å². The molecule has 0 bridgehead atoms. The normalized spacial score (nSPS) is 31.7. The summed E-state index contributed by atoms with van der Waals surface area (Å²) in [6, 6.07) is 5.49. The maximum Gasteiger partial charge on any atom is 0.244 e. The molecular weight excluding hydrogens is 262 g/mol. The Balaban J connectivity index is 1.62. The summed E-state index contributed by atoms with van der Waals surface area (Å²) in [4.78, 5) is 0.308. The summed E-state index contributed by atoms with van der Waals surface area (Å²) in [6.07, 6.45) is 4.09. The molecule has 2 fully saturated rings. The van der Waals surface area contributed by atoms with Crippen LogP contribution in [0.3, 0.4) is 0 Å². The van der Waals surface area contributed by atoms with Crippen LogP contribution in [0.4, 0.5) is 0 Å². The molecule has 0 saturated heterocycles. The predicted octanol–water partition coefficient (Wildman–Crippen LogP) is 1.70. The van der Waals surface area contributed by atoms with Gasteiger partial charge in [0, 0.05) is 12.5 Å². The maximum absolute atomic E-state index is 12.5. The third-order valence-electron chi connectivity index (χ3n) is 4.53. The SMILES string of the molecule is O=S(=O)(NC1CC2CC2C1)c1cccc2c1OCC2. The molecule has 5 heteroatoms. The quantitative estimate of drug-likeness (QED) is 0.916. The van der Waals surface area contributed by atoms with E-state index >= 15 is 0 Å². The van der Waals surface area contributed by atoms with E-state index in [0.717, 1.165) is 36.7 Å². The van der Waals surface area contributed by atoms with Crippen LogP contribution < -0.4 is 9.46 Å². The molecule has 3 aliphatic rings. The number of hydrogen-bond acceptors (Lipinski definition) is 3. The average molecular weight is 279 g/mol. The van der Waals surface area contributed by atoms with Gasteiger partial charge in [-0.2, -0.15) is 0 Å². The first kappa shape index (κ1) is 11.7. The molecule has 0 radical (unpaired) electrons. The third kappa shape index (κ3) is 1.96. The lowest BCUT2D eigenvalue weighted by molar-refractivity contribution is 0.348. The second-order valence-electron chi connectivity index (χ2n) is 5.89. The van der Waals surface area contributed by atoms with Gasteiger partial charge in [0.25, 0.3) is 0 Å². The minimum atomic E-state index is -3.45. The minimum Gasteiger partial charge on any atom is -0.492 e. The number of sulfonamides is 1. The number of para-hydroxylation sites is 1. The number of nitrogens with one attached hydrogen (secondary N) is 1. The van der Waals surface area contributed by atoms with Crippen molar-refractivity contribution < 1.29 is 13.2 Å². The molecular formula is C14H17NO3S. The van der Waals surface area contributed by atoms with Gasteiger partial charge in [-0.15, -0.1) is 0 Å². The highest BCUT2D eigenvalue weighted by Gasteiger charge is 2.47. The minimum absolute atomic E-state index is 0.117. The first-order valence-electron chi connectivity index (χ1n) is 6.90. The summed E-state index contributed by atoms with van der Waals surface area (Å²) in [5, 5.41) is 0. The summed E-state index contributed by atoms with van der Waals surface area (Å²) in [6.45, 7) is 0.579. The van der Waals surface area contributed by atoms with E-state index in [1.807, 2.05) is 6.07 Å². The Labute approximate surface area is 113 Å². The molecule has 0 amide bonds. The van der Waals surface area contributed by atoms with Crippen molar-refractivity contribution in [3.8, 4) is 5.75 Å². The molecule has 0 spiro atoms. The summed E-state index contributed by atoms with van der Waals surface area (Å²) in [7, 11) is -3.45. The fourth-order valence-corrected chi connectivity index (χ4v) is 4.94. The molecule has 1 aliphatic heterocycles. The van der Waals surface area contributed by atoms with Crippen molar-refractivity contribution in [2.45, 2.75) is 36.6 Å². The highest BCUT2D eigenvalue weighted by atomic mass is 32.2. The molecule has 4 nitrogen and oxygen atoms in total. The van der Waals surface area contributed by atoms with E-state index in [4.69, 9.17) is 4.74 Å². The Bertz CT molecular complexity index is 616. The largest absolute Gasteiger partial charge is 0.492 e. The Morgan fingerprint density at radius 1 is 1.16 bits per heavy atom. The van der Waals surface area contributed by atoms with Crippen LogP contribution in [0, 0.1) is 11.8 Å². The molecule has 2 unspecified atom stereocenters. The van der Waals surface area contributed by atoms with Gasteiger partial charge in [-0.1, -0.05) is 12.1 Å². The molecule has 1 aromatic rings. The first-order valence-corrected chi connectivity index (χ1v) is 8.39. The summed E-state index contributed by atoms with van der Waals surface area (Å²) < 4.78 is 33.3. The van der Waals surface area contributed by atoms with E-state index in [0.29, 0.717) is 17.3 Å². The molecule has 2 aliphatic carbocycles. The second kappa shape index (κ2) is 3.96. The first-order chi connectivity index (χ1) is 9.13. The van der Waals surface area contributed by atoms with Crippen LogP contribution in [-0.4, -0.2) is 21.1 Å². The molecule has 2 saturated carbocycles. The lowest BCUT2D eigenvalue weighted by atomic mass is 10.2. The van der Waals surface area contributed by atoms with E-state index in [2.05, 4.69) is 4.72 Å². The average Bonchev–Trinajstić information content (AvgIpc) is 2.80. The predicted molar refractivity (Wildman–Crippen MR) is 70.6 cm³/mol. The monoisotopic (exact) mass is 279 g/mol. The topological polar surface area (TPSA) is 55.4 Å². The zero-order valence-electron chi connectivity index (χ0n) is 10.6. The van der Waals surface area contributed by atoms with Crippen molar-refractivity contribution in [2.24, 2.45) is 11.8 Å². The van der Waals surface area contributed by atoms with Crippen molar-refractivity contribution in [1.82, 2.24) is 4.72 Å². The fourth-order valence-electron chi connectivity index (χ4n) is 3.49. The summed E-state index contributed by atoms with van der Waals surface area (Å²) in [5.74, 6) is 2.09. The van der Waals surface area contributed by atoms with Crippen molar-refractivity contribution in [1.29, 1.82) is 0 Å². The standard InChI is InChI=1S/C14H17NO3S/c16-19(17,15-12-7-10-6-11(10)8-12)13-3-1-2-9-4-5-18-14(9)13/h1-3,10-12,15H,4-8H2. The van der Waals surface area contributed by atoms with Crippen LogP contribution in [0.2, 0.25) is 0 Å². The van der Waals surface area contributed by atoms with Gasteiger partial charge in [0.15, 0.2) is 0 Å². The Morgan fingerprint density at radius 2 is 1.95 bits per heavy atom. The molecule has 1 heterocycles. The van der Waals surface area contributed by atoms with Crippen molar-refractivity contribution >= 4 is 10.0 Å². The number of fused-ring (bicyclic) bond motifs is 2. The van der Waals surface area contributed by atoms with Crippen LogP contribution in [0.5, 0.6) is 5.75 Å². The maximum atomic E-state index is 12.5. The molecule has 102 valence electrons. The highest BCUT2D eigenvalue weighted by Crippen LogP contribution is 2.52. The molecule has 1 aromatic carbocycles. The Kier molecular flexibility index (Phi) is 2.45. The number of ether oxygens (including phenoxy) is 1. The number of hydrogen-bond donors (Lipinski definition) is 1. The van der Waals surface area contributed by atoms with Crippen LogP contribution in [0.1, 0.15) is 24.8 Å². The number of benzene rings is 1. The van der Waals surface area contributed by atoms with Crippen LogP contribution >= 0.6 is 0 Å². The van der Waals surface area contributed by atoms with Gasteiger partial charge in [0.1, 0.15) is 10.6 Å². The van der Waals surface area contributed by atoms with Crippen LogP contribution in [0.15, 0.2) is 23.1 Å². The zero-order chi connectivity index (χ0) is 13.0. The van der Waals surface area contributed by atoms with Gasteiger partial charge >= 0.3 is 0 Å². The van der Waals surface area contributed by atoms with Crippen LogP contribution in [0.25, 0.3) is 0 Å². The third-order valence-corrected chi connectivity index (χ3v) is 6.08. The van der Waals surface area contributed by atoms with Gasteiger partial charge in [0.2, 0.25) is 10.0 Å². The van der Waals surface area contributed by atoms with E-state index in [1.54, 1.807) is 12.1 Å². The Morgan fingerprint density at radius 3 is 2.74 bits per heavy atom. The number of rotatable bonds is 3. The summed E-state index contributed by atoms with van der Waals surface area (Å²) >= 11 is 0. The van der Waals surface area contributed by atoms with E-state index < -0.39 is 10.0 Å². The van der Waals surface area contributed by atoms with Crippen molar-refractivity contribution in [2.75, 3.05) is 6.61 Å². The van der Waals surface area contributed by atoms with Gasteiger partial charge in [-0.3, -0.25) is 0 Å². The Hall–Kier alpha value is -1.07. The van der Waals surface area contributed by atoms with E-state index in [9.17, 15) is 8.42 Å². The van der Waals surface area contributed by atoms with E-state index in [1.165, 1.54) is 6.42 Å². The van der Waals surface area contributed by atoms with Crippen molar-refractivity contribution in [3.05, 3.63) is 23.8 Å². The molecule has 19 heavy (non-hydrogen) atoms. The molecule has 0 aromatic heterocycles. The lowest BCUT2D eigenvalue weighted by Gasteiger charge is -2.16. The lowest BCUT2D eigenvalue weighted by Crippen LogP contribution is -2.33. The highest BCUT2D eigenvalue weighted by molar-refractivity contribution is 7.89. The summed E-state index contributed by atoms with van der Waals surface area (Å²) in [5.41, 5.74) is 0.997. The molecule has 2 atom stereocenters. The van der Waals surface area contributed by atoms with Gasteiger partial charge in [-0.25, -0.2) is 13.1 Å². The van der Waals surface area contributed by atoms with Gasteiger partial charge < -0.3 is 4.74 Å². The smallest absolute Gasteiger partial charge is 0.244 e. The molecule has 4 rings (SSSR count).